The predicted molar refractivity (Wildman–Crippen MR) is 76.1 cm³/mol. The molecular weight excluding hydrogens is 254 g/mol. The Kier molecular flexibility index (Phi) is 3.96. The number of nitrogens with zero attached hydrogens (tertiary/aromatic N) is 2. The summed E-state index contributed by atoms with van der Waals surface area (Å²) in [6.45, 7) is 3.43. The molecular formula is C15H25N3O2. The molecule has 5 nitrogen and oxygen atoms in total. The van der Waals surface area contributed by atoms with Crippen LogP contribution in [-0.2, 0) is 9.59 Å². The molecule has 0 aromatic rings. The van der Waals surface area contributed by atoms with Crippen molar-refractivity contribution in [1.29, 1.82) is 0 Å². The van der Waals surface area contributed by atoms with Gasteiger partial charge in [0.05, 0.1) is 5.92 Å². The Balaban J connectivity index is 1.42. The van der Waals surface area contributed by atoms with Gasteiger partial charge in [-0.05, 0) is 38.1 Å². The lowest BCUT2D eigenvalue weighted by atomic mass is 10.0. The summed E-state index contributed by atoms with van der Waals surface area (Å²) in [5, 5.41) is 3.63. The first kappa shape index (κ1) is 13.9. The number of carbonyl (C=O) groups excluding carboxylic acids is 2. The zero-order valence-corrected chi connectivity index (χ0v) is 12.3. The van der Waals surface area contributed by atoms with Gasteiger partial charge in [0.2, 0.25) is 11.8 Å². The summed E-state index contributed by atoms with van der Waals surface area (Å²) in [7, 11) is 1.78. The maximum absolute atomic E-state index is 12.4. The van der Waals surface area contributed by atoms with Gasteiger partial charge in [0, 0.05) is 39.1 Å². The van der Waals surface area contributed by atoms with Crippen LogP contribution in [0.15, 0.2) is 0 Å². The molecule has 3 aliphatic rings. The summed E-state index contributed by atoms with van der Waals surface area (Å²) < 4.78 is 0. The molecule has 2 amide bonds. The number of nitrogens with one attached hydrogen (secondary N) is 1. The monoisotopic (exact) mass is 279 g/mol. The highest BCUT2D eigenvalue weighted by Crippen LogP contribution is 2.28. The molecule has 3 fully saturated rings. The van der Waals surface area contributed by atoms with Crippen LogP contribution in [0.4, 0.5) is 0 Å². The van der Waals surface area contributed by atoms with Crippen LogP contribution in [0.1, 0.15) is 32.1 Å². The summed E-state index contributed by atoms with van der Waals surface area (Å²) in [6.07, 6.45) is 5.26. The van der Waals surface area contributed by atoms with Gasteiger partial charge in [-0.2, -0.15) is 0 Å². The summed E-state index contributed by atoms with van der Waals surface area (Å²) >= 11 is 0. The molecule has 0 aromatic heterocycles. The van der Waals surface area contributed by atoms with E-state index in [2.05, 4.69) is 5.32 Å². The molecule has 0 aromatic carbocycles. The third-order valence-corrected chi connectivity index (χ3v) is 4.89. The van der Waals surface area contributed by atoms with E-state index in [1.165, 1.54) is 12.8 Å². The largest absolute Gasteiger partial charge is 0.345 e. The summed E-state index contributed by atoms with van der Waals surface area (Å²) in [5.41, 5.74) is 0. The molecule has 0 radical (unpaired) electrons. The molecule has 2 aliphatic heterocycles. The zero-order valence-electron chi connectivity index (χ0n) is 12.3. The molecule has 0 bridgehead atoms. The molecule has 112 valence electrons. The van der Waals surface area contributed by atoms with E-state index in [-0.39, 0.29) is 17.7 Å². The number of likely N-dealkylation sites (tertiary alicyclic amines) is 2. The van der Waals surface area contributed by atoms with Gasteiger partial charge in [-0.1, -0.05) is 0 Å². The number of hydrogen-bond donors (Lipinski definition) is 1. The third-order valence-electron chi connectivity index (χ3n) is 4.89. The average Bonchev–Trinajstić information content (AvgIpc) is 3.22. The lowest BCUT2D eigenvalue weighted by Gasteiger charge is -2.34. The van der Waals surface area contributed by atoms with Crippen molar-refractivity contribution in [2.75, 3.05) is 33.2 Å². The first-order chi connectivity index (χ1) is 9.63. The van der Waals surface area contributed by atoms with Crippen molar-refractivity contribution in [2.45, 2.75) is 38.1 Å². The van der Waals surface area contributed by atoms with Crippen LogP contribution in [0.2, 0.25) is 0 Å². The fourth-order valence-electron chi connectivity index (χ4n) is 3.25. The van der Waals surface area contributed by atoms with Gasteiger partial charge in [-0.25, -0.2) is 0 Å². The highest BCUT2D eigenvalue weighted by molar-refractivity contribution is 5.89. The molecule has 3 rings (SSSR count). The Labute approximate surface area is 120 Å². The Morgan fingerprint density at radius 3 is 2.50 bits per heavy atom. The van der Waals surface area contributed by atoms with Crippen LogP contribution in [-0.4, -0.2) is 60.9 Å². The van der Waals surface area contributed by atoms with Gasteiger partial charge in [0.15, 0.2) is 0 Å². The molecule has 2 heterocycles. The zero-order chi connectivity index (χ0) is 14.1. The minimum atomic E-state index is -0.108. The summed E-state index contributed by atoms with van der Waals surface area (Å²) in [4.78, 5) is 27.6. The lowest BCUT2D eigenvalue weighted by molar-refractivity contribution is -0.136. The fraction of sp³-hybridized carbons (Fsp3) is 0.867. The quantitative estimate of drug-likeness (QED) is 0.813. The topological polar surface area (TPSA) is 52.7 Å². The van der Waals surface area contributed by atoms with Gasteiger partial charge in [0.1, 0.15) is 0 Å². The Morgan fingerprint density at radius 2 is 1.95 bits per heavy atom. The van der Waals surface area contributed by atoms with Gasteiger partial charge in [-0.15, -0.1) is 0 Å². The van der Waals surface area contributed by atoms with E-state index in [0.717, 1.165) is 38.4 Å². The van der Waals surface area contributed by atoms with E-state index in [4.69, 9.17) is 0 Å². The number of piperidine rings is 1. The second-order valence-corrected chi connectivity index (χ2v) is 6.63. The van der Waals surface area contributed by atoms with Crippen LogP contribution >= 0.6 is 0 Å². The first-order valence-electron chi connectivity index (χ1n) is 7.89. The number of carbonyl (C=O) groups is 2. The standard InChI is InChI=1S/C15H25N3O2/c1-17-10-12(8-14(17)19)15(20)18-6-4-13(5-7-18)16-9-11-2-3-11/h11-13,16H,2-10H2,1H3. The summed E-state index contributed by atoms with van der Waals surface area (Å²) in [6, 6.07) is 0.576. The van der Waals surface area contributed by atoms with Crippen LogP contribution in [0, 0.1) is 11.8 Å². The van der Waals surface area contributed by atoms with Crippen LogP contribution < -0.4 is 5.32 Å². The Hall–Kier alpha value is -1.10. The van der Waals surface area contributed by atoms with Crippen LogP contribution in [0.25, 0.3) is 0 Å². The molecule has 1 aliphatic carbocycles. The SMILES string of the molecule is CN1CC(C(=O)N2CCC(NCC3CC3)CC2)CC1=O. The number of amides is 2. The molecule has 1 saturated carbocycles. The van der Waals surface area contributed by atoms with Crippen molar-refractivity contribution in [3.8, 4) is 0 Å². The normalized spacial score (nSPS) is 28.2. The highest BCUT2D eigenvalue weighted by Gasteiger charge is 2.36. The second kappa shape index (κ2) is 5.72. The van der Waals surface area contributed by atoms with Crippen molar-refractivity contribution in [2.24, 2.45) is 11.8 Å². The van der Waals surface area contributed by atoms with Crippen molar-refractivity contribution in [1.82, 2.24) is 15.1 Å². The van der Waals surface area contributed by atoms with E-state index < -0.39 is 0 Å². The van der Waals surface area contributed by atoms with E-state index in [1.807, 2.05) is 4.90 Å². The summed E-state index contributed by atoms with van der Waals surface area (Å²) in [5.74, 6) is 1.09. The minimum Gasteiger partial charge on any atom is -0.345 e. The van der Waals surface area contributed by atoms with Gasteiger partial charge < -0.3 is 15.1 Å². The molecule has 1 atom stereocenters. The van der Waals surface area contributed by atoms with E-state index >= 15 is 0 Å². The molecule has 1 N–H and O–H groups in total. The highest BCUT2D eigenvalue weighted by atomic mass is 16.2. The van der Waals surface area contributed by atoms with Crippen molar-refractivity contribution in [3.05, 3.63) is 0 Å². The minimum absolute atomic E-state index is 0.101. The molecule has 0 spiro atoms. The van der Waals surface area contributed by atoms with E-state index in [9.17, 15) is 9.59 Å². The number of rotatable bonds is 4. The fourth-order valence-corrected chi connectivity index (χ4v) is 3.25. The maximum Gasteiger partial charge on any atom is 0.227 e. The molecule has 20 heavy (non-hydrogen) atoms. The van der Waals surface area contributed by atoms with E-state index in [0.29, 0.717) is 19.0 Å². The lowest BCUT2D eigenvalue weighted by Crippen LogP contribution is -2.47. The number of hydrogen-bond acceptors (Lipinski definition) is 3. The van der Waals surface area contributed by atoms with Gasteiger partial charge in [-0.3, -0.25) is 9.59 Å². The van der Waals surface area contributed by atoms with E-state index in [1.54, 1.807) is 11.9 Å². The van der Waals surface area contributed by atoms with Crippen molar-refractivity contribution < 1.29 is 9.59 Å². The van der Waals surface area contributed by atoms with Crippen molar-refractivity contribution in [3.63, 3.8) is 0 Å². The second-order valence-electron chi connectivity index (χ2n) is 6.63. The van der Waals surface area contributed by atoms with Crippen molar-refractivity contribution >= 4 is 11.8 Å². The Bertz CT molecular complexity index is 387. The van der Waals surface area contributed by atoms with Crippen LogP contribution in [0.3, 0.4) is 0 Å². The van der Waals surface area contributed by atoms with Gasteiger partial charge >= 0.3 is 0 Å². The molecule has 2 saturated heterocycles. The maximum atomic E-state index is 12.4. The molecule has 1 unspecified atom stereocenters. The molecule has 5 heteroatoms. The third kappa shape index (κ3) is 3.14. The predicted octanol–water partition coefficient (Wildman–Crippen LogP) is 0.455. The first-order valence-corrected chi connectivity index (χ1v) is 7.89. The van der Waals surface area contributed by atoms with Gasteiger partial charge in [0.25, 0.3) is 0 Å². The Morgan fingerprint density at radius 1 is 1.25 bits per heavy atom. The average molecular weight is 279 g/mol. The van der Waals surface area contributed by atoms with Crippen LogP contribution in [0.5, 0.6) is 0 Å². The smallest absolute Gasteiger partial charge is 0.227 e.